The molecule has 24 heavy (non-hydrogen) atoms. The van der Waals surface area contributed by atoms with E-state index in [4.69, 9.17) is 4.74 Å². The molecule has 1 amide bonds. The summed E-state index contributed by atoms with van der Waals surface area (Å²) in [7, 11) is 0. The molecule has 0 saturated carbocycles. The number of hydrogen-bond acceptors (Lipinski definition) is 2. The zero-order valence-corrected chi connectivity index (χ0v) is 19.7. The van der Waals surface area contributed by atoms with Crippen molar-refractivity contribution in [1.82, 2.24) is 5.32 Å². The maximum absolute atomic E-state index is 11.7. The van der Waals surface area contributed by atoms with E-state index in [9.17, 15) is 4.79 Å². The molecule has 0 fully saturated rings. The number of ether oxygens (including phenoxy) is 1. The van der Waals surface area contributed by atoms with Crippen molar-refractivity contribution in [3.63, 3.8) is 0 Å². The number of rotatable bonds is 14. The number of carbonyl (C=O) groups is 1. The monoisotopic (exact) mass is 447 g/mol. The Morgan fingerprint density at radius 3 is 1.83 bits per heavy atom. The summed E-state index contributed by atoms with van der Waals surface area (Å²) in [5, 5.41) is 2.71. The standard InChI is InChI=1S/C8H14NO2.3C4H9.Sn/c1-5-9-8(10)11-7(4)6(2)3;3*1-3-4-2;/h7H,2-3,5H2,1,4H3,(H,9,10);3*1,3-4H2,2H3;. The number of alkyl carbamates (subject to hydrolysis) is 1. The van der Waals surface area contributed by atoms with Crippen LogP contribution in [0, 0.1) is 0 Å². The van der Waals surface area contributed by atoms with Gasteiger partial charge in [0.05, 0.1) is 0 Å². The molecule has 0 rings (SSSR count). The molecule has 0 radical (unpaired) electrons. The second-order valence-corrected chi connectivity index (χ2v) is 21.1. The third-order valence-corrected chi connectivity index (χ3v) is 20.5. The van der Waals surface area contributed by atoms with Gasteiger partial charge in [0.15, 0.2) is 0 Å². The Labute approximate surface area is 154 Å². The minimum atomic E-state index is -2.23. The first-order valence-electron chi connectivity index (χ1n) is 10.1. The van der Waals surface area contributed by atoms with Gasteiger partial charge in [-0.15, -0.1) is 0 Å². The molecule has 3 nitrogen and oxygen atoms in total. The fourth-order valence-electron chi connectivity index (χ4n) is 3.35. The number of nitrogens with one attached hydrogen (secondary N) is 1. The summed E-state index contributed by atoms with van der Waals surface area (Å²) in [5.41, 5.74) is 1.15. The molecule has 1 atom stereocenters. The Hall–Kier alpha value is -0.191. The van der Waals surface area contributed by atoms with Crippen LogP contribution in [0.2, 0.25) is 17.7 Å². The van der Waals surface area contributed by atoms with E-state index in [1.165, 1.54) is 56.3 Å². The van der Waals surface area contributed by atoms with Crippen LogP contribution in [-0.2, 0) is 4.74 Å². The molecule has 0 aliphatic carbocycles. The van der Waals surface area contributed by atoms with Gasteiger partial charge in [0.25, 0.3) is 0 Å². The molecule has 0 saturated heterocycles. The molecule has 0 spiro atoms. The molecule has 142 valence electrons. The predicted molar refractivity (Wildman–Crippen MR) is 108 cm³/mol. The van der Waals surface area contributed by atoms with Crippen LogP contribution < -0.4 is 5.32 Å². The summed E-state index contributed by atoms with van der Waals surface area (Å²) in [6.07, 6.45) is 7.46. The van der Waals surface area contributed by atoms with Crippen molar-refractivity contribution in [3.8, 4) is 0 Å². The van der Waals surface area contributed by atoms with Crippen LogP contribution in [0.5, 0.6) is 0 Å². The van der Waals surface area contributed by atoms with Crippen molar-refractivity contribution in [3.05, 3.63) is 12.2 Å². The summed E-state index contributed by atoms with van der Waals surface area (Å²) in [6, 6.07) is 0. The van der Waals surface area contributed by atoms with Crippen LogP contribution >= 0.6 is 0 Å². The molecule has 0 aromatic heterocycles. The molecular formula is C20H41NO2Sn. The molecule has 0 aromatic carbocycles. The quantitative estimate of drug-likeness (QED) is 0.244. The SMILES string of the molecule is C=C([CH2][Sn]([CH2]CCC)([CH2]CCC)[CH2]CCC)C(C)OC(=O)NCC. The second-order valence-electron chi connectivity index (χ2n) is 7.22. The van der Waals surface area contributed by atoms with Crippen LogP contribution in [0.3, 0.4) is 0 Å². The number of carbonyl (C=O) groups excluding carboxylic acids is 1. The van der Waals surface area contributed by atoms with E-state index >= 15 is 0 Å². The Balaban J connectivity index is 4.95. The first kappa shape index (κ1) is 23.8. The summed E-state index contributed by atoms with van der Waals surface area (Å²) in [6.45, 7) is 15.7. The Morgan fingerprint density at radius 2 is 1.46 bits per heavy atom. The molecule has 1 N–H and O–H groups in total. The summed E-state index contributed by atoms with van der Waals surface area (Å²) in [4.78, 5) is 11.7. The van der Waals surface area contributed by atoms with Crippen LogP contribution in [0.25, 0.3) is 0 Å². The van der Waals surface area contributed by atoms with Crippen LogP contribution in [0.1, 0.15) is 73.1 Å². The first-order chi connectivity index (χ1) is 11.4. The fourth-order valence-corrected chi connectivity index (χ4v) is 20.0. The number of unbranched alkanes of at least 4 members (excludes halogenated alkanes) is 3. The molecule has 0 aromatic rings. The predicted octanol–water partition coefficient (Wildman–Crippen LogP) is 6.53. The van der Waals surface area contributed by atoms with Gasteiger partial charge >= 0.3 is 155 Å². The molecule has 0 aliphatic rings. The molecule has 4 heteroatoms. The summed E-state index contributed by atoms with van der Waals surface area (Å²) < 4.78 is 11.1. The second kappa shape index (κ2) is 14.0. The van der Waals surface area contributed by atoms with Gasteiger partial charge in [-0.3, -0.25) is 0 Å². The van der Waals surface area contributed by atoms with Gasteiger partial charge in [-0.2, -0.15) is 0 Å². The van der Waals surface area contributed by atoms with Crippen molar-refractivity contribution >= 4 is 24.5 Å². The minimum absolute atomic E-state index is 0.169. The van der Waals surface area contributed by atoms with E-state index in [0.29, 0.717) is 6.54 Å². The average Bonchev–Trinajstić information content (AvgIpc) is 2.56. The van der Waals surface area contributed by atoms with Gasteiger partial charge < -0.3 is 0 Å². The van der Waals surface area contributed by atoms with Crippen LogP contribution in [-0.4, -0.2) is 37.1 Å². The van der Waals surface area contributed by atoms with E-state index in [1.807, 2.05) is 13.8 Å². The third-order valence-electron chi connectivity index (χ3n) is 4.96. The van der Waals surface area contributed by atoms with Crippen LogP contribution in [0.15, 0.2) is 12.2 Å². The van der Waals surface area contributed by atoms with Gasteiger partial charge in [0, 0.05) is 0 Å². The Bertz CT molecular complexity index is 336. The topological polar surface area (TPSA) is 38.3 Å². The van der Waals surface area contributed by atoms with Gasteiger partial charge in [-0.1, -0.05) is 0 Å². The molecule has 0 heterocycles. The van der Waals surface area contributed by atoms with E-state index in [1.54, 1.807) is 0 Å². The Kier molecular flexibility index (Phi) is 13.9. The normalized spacial score (nSPS) is 12.7. The zero-order valence-electron chi connectivity index (χ0n) is 16.9. The van der Waals surface area contributed by atoms with Crippen LogP contribution in [0.4, 0.5) is 4.79 Å². The molecule has 0 bridgehead atoms. The third kappa shape index (κ3) is 9.95. The van der Waals surface area contributed by atoms with E-state index < -0.39 is 18.4 Å². The van der Waals surface area contributed by atoms with Gasteiger partial charge in [-0.25, -0.2) is 0 Å². The van der Waals surface area contributed by atoms with Crippen molar-refractivity contribution in [2.45, 2.75) is 97.0 Å². The van der Waals surface area contributed by atoms with Gasteiger partial charge in [0.2, 0.25) is 0 Å². The number of amides is 1. The van der Waals surface area contributed by atoms with Crippen molar-refractivity contribution in [2.75, 3.05) is 6.54 Å². The molecule has 0 aliphatic heterocycles. The Morgan fingerprint density at radius 1 is 1.00 bits per heavy atom. The summed E-state index contributed by atoms with van der Waals surface area (Å²) in [5.74, 6) is 0. The van der Waals surface area contributed by atoms with Gasteiger partial charge in [-0.05, 0) is 0 Å². The van der Waals surface area contributed by atoms with Crippen molar-refractivity contribution < 1.29 is 9.53 Å². The molecule has 1 unspecified atom stereocenters. The molecular weight excluding hydrogens is 405 g/mol. The zero-order chi connectivity index (χ0) is 18.4. The number of hydrogen-bond donors (Lipinski definition) is 1. The van der Waals surface area contributed by atoms with Crippen molar-refractivity contribution in [2.24, 2.45) is 0 Å². The van der Waals surface area contributed by atoms with E-state index in [0.717, 1.165) is 5.57 Å². The first-order valence-corrected chi connectivity index (χ1v) is 18.1. The van der Waals surface area contributed by atoms with Crippen molar-refractivity contribution in [1.29, 1.82) is 0 Å². The van der Waals surface area contributed by atoms with E-state index in [-0.39, 0.29) is 12.2 Å². The van der Waals surface area contributed by atoms with Gasteiger partial charge in [0.1, 0.15) is 0 Å². The fraction of sp³-hybridized carbons (Fsp3) is 0.850. The maximum atomic E-state index is 11.7. The average molecular weight is 446 g/mol. The summed E-state index contributed by atoms with van der Waals surface area (Å²) >= 11 is -2.23. The van der Waals surface area contributed by atoms with E-state index in [2.05, 4.69) is 32.7 Å².